The van der Waals surface area contributed by atoms with Crippen molar-refractivity contribution in [2.45, 2.75) is 0 Å². The molecule has 0 N–H and O–H groups in total. The normalized spacial score (nSPS) is 11.5. The van der Waals surface area contributed by atoms with Crippen LogP contribution in [0.4, 0.5) is 17.1 Å². The van der Waals surface area contributed by atoms with Crippen LogP contribution in [0, 0.1) is 0 Å². The fourth-order valence-electron chi connectivity index (χ4n) is 7.75. The zero-order valence-electron chi connectivity index (χ0n) is 28.4. The summed E-state index contributed by atoms with van der Waals surface area (Å²) >= 11 is 0. The number of benzene rings is 9. The van der Waals surface area contributed by atoms with Gasteiger partial charge < -0.3 is 9.32 Å². The van der Waals surface area contributed by atoms with E-state index in [-0.39, 0.29) is 0 Å². The van der Waals surface area contributed by atoms with Gasteiger partial charge in [0.05, 0.1) is 5.69 Å². The van der Waals surface area contributed by atoms with Crippen LogP contribution in [0.3, 0.4) is 0 Å². The number of para-hydroxylation sites is 2. The van der Waals surface area contributed by atoms with E-state index in [2.05, 4.69) is 193 Å². The molecule has 10 rings (SSSR count). The van der Waals surface area contributed by atoms with Crippen molar-refractivity contribution in [1.82, 2.24) is 0 Å². The van der Waals surface area contributed by atoms with Gasteiger partial charge in [0.1, 0.15) is 11.2 Å². The monoisotopic (exact) mass is 663 g/mol. The number of rotatable bonds is 6. The molecule has 1 heterocycles. The summed E-state index contributed by atoms with van der Waals surface area (Å²) in [7, 11) is 0. The highest BCUT2D eigenvalue weighted by atomic mass is 16.3. The molecule has 0 fully saturated rings. The Morgan fingerprint density at radius 3 is 1.73 bits per heavy atom. The lowest BCUT2D eigenvalue weighted by Gasteiger charge is -2.28. The molecule has 2 nitrogen and oxygen atoms in total. The van der Waals surface area contributed by atoms with Crippen LogP contribution in [0.15, 0.2) is 205 Å². The van der Waals surface area contributed by atoms with Gasteiger partial charge in [0.2, 0.25) is 0 Å². The van der Waals surface area contributed by atoms with Crippen molar-refractivity contribution < 1.29 is 4.42 Å². The van der Waals surface area contributed by atoms with Crippen molar-refractivity contribution in [3.8, 4) is 33.4 Å². The zero-order chi connectivity index (χ0) is 34.4. The van der Waals surface area contributed by atoms with Gasteiger partial charge in [0.15, 0.2) is 0 Å². The maximum Gasteiger partial charge on any atom is 0.136 e. The third-order valence-electron chi connectivity index (χ3n) is 10.3. The van der Waals surface area contributed by atoms with E-state index in [1.165, 1.54) is 43.8 Å². The second-order valence-electron chi connectivity index (χ2n) is 13.3. The standard InChI is InChI=1S/C50H33NO/c1-2-11-34(12-3-1)35-23-28-40(29-24-35)51(41-30-25-37(26-31-41)43-18-10-14-36-13-4-5-15-42(36)43)47-19-8-6-16-44(47)39-22-21-38-27-32-49-50(46(38)33-39)45-17-7-9-20-48(45)52-49/h1-33H. The summed E-state index contributed by atoms with van der Waals surface area (Å²) < 4.78 is 6.28. The van der Waals surface area contributed by atoms with Gasteiger partial charge in [-0.1, -0.05) is 152 Å². The Kier molecular flexibility index (Phi) is 7.18. The molecule has 0 aliphatic heterocycles. The van der Waals surface area contributed by atoms with Gasteiger partial charge in [0, 0.05) is 27.7 Å². The number of anilines is 3. The molecular weight excluding hydrogens is 631 g/mol. The quantitative estimate of drug-likeness (QED) is 0.176. The molecule has 2 heteroatoms. The molecule has 0 aliphatic rings. The molecule has 0 amide bonds. The number of hydrogen-bond donors (Lipinski definition) is 0. The fourth-order valence-corrected chi connectivity index (χ4v) is 7.75. The molecule has 0 unspecified atom stereocenters. The largest absolute Gasteiger partial charge is 0.456 e. The first kappa shape index (κ1) is 30.0. The van der Waals surface area contributed by atoms with E-state index in [0.717, 1.165) is 50.1 Å². The van der Waals surface area contributed by atoms with Crippen LogP contribution < -0.4 is 4.90 Å². The van der Waals surface area contributed by atoms with Crippen LogP contribution in [0.1, 0.15) is 0 Å². The lowest BCUT2D eigenvalue weighted by Crippen LogP contribution is -2.11. The van der Waals surface area contributed by atoms with E-state index in [9.17, 15) is 0 Å². The average Bonchev–Trinajstić information content (AvgIpc) is 3.61. The van der Waals surface area contributed by atoms with Crippen LogP contribution in [0.25, 0.3) is 76.9 Å². The zero-order valence-corrected chi connectivity index (χ0v) is 28.4. The van der Waals surface area contributed by atoms with E-state index >= 15 is 0 Å². The lowest BCUT2D eigenvalue weighted by molar-refractivity contribution is 0.669. The molecule has 0 bridgehead atoms. The van der Waals surface area contributed by atoms with Gasteiger partial charge in [-0.3, -0.25) is 0 Å². The average molecular weight is 664 g/mol. The second kappa shape index (κ2) is 12.5. The van der Waals surface area contributed by atoms with Crippen molar-refractivity contribution in [1.29, 1.82) is 0 Å². The molecule has 0 saturated heterocycles. The van der Waals surface area contributed by atoms with Gasteiger partial charge in [0.25, 0.3) is 0 Å². The third kappa shape index (κ3) is 5.12. The predicted octanol–water partition coefficient (Wildman–Crippen LogP) is 14.4. The molecule has 9 aromatic carbocycles. The Morgan fingerprint density at radius 1 is 0.327 bits per heavy atom. The van der Waals surface area contributed by atoms with Crippen molar-refractivity contribution in [3.63, 3.8) is 0 Å². The molecule has 0 radical (unpaired) electrons. The Labute approximate surface area is 302 Å². The first-order chi connectivity index (χ1) is 25.8. The highest BCUT2D eigenvalue weighted by molar-refractivity contribution is 6.19. The lowest BCUT2D eigenvalue weighted by atomic mass is 9.96. The summed E-state index contributed by atoms with van der Waals surface area (Å²) in [5.74, 6) is 0. The van der Waals surface area contributed by atoms with Crippen molar-refractivity contribution in [3.05, 3.63) is 200 Å². The third-order valence-corrected chi connectivity index (χ3v) is 10.3. The van der Waals surface area contributed by atoms with Crippen molar-refractivity contribution in [2.75, 3.05) is 4.90 Å². The minimum Gasteiger partial charge on any atom is -0.456 e. The summed E-state index contributed by atoms with van der Waals surface area (Å²) in [6, 6.07) is 71.8. The summed E-state index contributed by atoms with van der Waals surface area (Å²) in [5, 5.41) is 7.18. The maximum absolute atomic E-state index is 6.28. The van der Waals surface area contributed by atoms with Crippen LogP contribution in [0.5, 0.6) is 0 Å². The predicted molar refractivity (Wildman–Crippen MR) is 220 cm³/mol. The van der Waals surface area contributed by atoms with E-state index in [0.29, 0.717) is 0 Å². The van der Waals surface area contributed by atoms with Gasteiger partial charge in [-0.25, -0.2) is 0 Å². The Morgan fingerprint density at radius 2 is 0.904 bits per heavy atom. The topological polar surface area (TPSA) is 16.4 Å². The Balaban J connectivity index is 1.14. The Bertz CT molecular complexity index is 2880. The van der Waals surface area contributed by atoms with Crippen LogP contribution in [0.2, 0.25) is 0 Å². The summed E-state index contributed by atoms with van der Waals surface area (Å²) in [6.07, 6.45) is 0. The number of furan rings is 1. The number of hydrogen-bond acceptors (Lipinski definition) is 2. The molecule has 244 valence electrons. The van der Waals surface area contributed by atoms with Crippen molar-refractivity contribution in [2.24, 2.45) is 0 Å². The van der Waals surface area contributed by atoms with Crippen LogP contribution in [-0.4, -0.2) is 0 Å². The highest BCUT2D eigenvalue weighted by Gasteiger charge is 2.19. The molecule has 10 aromatic rings. The summed E-state index contributed by atoms with van der Waals surface area (Å²) in [4.78, 5) is 2.38. The molecular formula is C50H33NO. The number of nitrogens with zero attached hydrogens (tertiary/aromatic N) is 1. The molecule has 0 saturated carbocycles. The van der Waals surface area contributed by atoms with E-state index < -0.39 is 0 Å². The molecule has 0 aliphatic carbocycles. The van der Waals surface area contributed by atoms with Crippen LogP contribution >= 0.6 is 0 Å². The van der Waals surface area contributed by atoms with E-state index in [4.69, 9.17) is 4.42 Å². The molecule has 0 spiro atoms. The van der Waals surface area contributed by atoms with Gasteiger partial charge in [-0.2, -0.15) is 0 Å². The minimum atomic E-state index is 0.908. The van der Waals surface area contributed by atoms with E-state index in [1.807, 2.05) is 12.1 Å². The second-order valence-corrected chi connectivity index (χ2v) is 13.3. The summed E-state index contributed by atoms with van der Waals surface area (Å²) in [6.45, 7) is 0. The molecule has 1 aromatic heterocycles. The molecule has 0 atom stereocenters. The van der Waals surface area contributed by atoms with Crippen molar-refractivity contribution >= 4 is 60.5 Å². The maximum atomic E-state index is 6.28. The first-order valence-corrected chi connectivity index (χ1v) is 17.8. The smallest absolute Gasteiger partial charge is 0.136 e. The SMILES string of the molecule is c1ccc(-c2ccc(N(c3ccc(-c4cccc5ccccc45)cc3)c3ccccc3-c3ccc4ccc5oc6ccccc6c5c4c3)cc2)cc1. The highest BCUT2D eigenvalue weighted by Crippen LogP contribution is 2.44. The summed E-state index contributed by atoms with van der Waals surface area (Å²) in [5.41, 5.74) is 12.2. The fraction of sp³-hybridized carbons (Fsp3) is 0. The minimum absolute atomic E-state index is 0.908. The van der Waals surface area contributed by atoms with Crippen LogP contribution in [-0.2, 0) is 0 Å². The van der Waals surface area contributed by atoms with E-state index in [1.54, 1.807) is 0 Å². The van der Waals surface area contributed by atoms with Gasteiger partial charge in [-0.05, 0) is 97.9 Å². The Hall–Kier alpha value is -6.90. The molecule has 52 heavy (non-hydrogen) atoms. The first-order valence-electron chi connectivity index (χ1n) is 17.8. The number of fused-ring (bicyclic) bond motifs is 6. The van der Waals surface area contributed by atoms with Gasteiger partial charge in [-0.15, -0.1) is 0 Å². The van der Waals surface area contributed by atoms with Gasteiger partial charge >= 0.3 is 0 Å².